The lowest BCUT2D eigenvalue weighted by atomic mass is 9.96. The van der Waals surface area contributed by atoms with Crippen LogP contribution in [0.1, 0.15) is 22.7 Å². The number of nitrogens with two attached hydrogens (primary N) is 1. The molecule has 1 unspecified atom stereocenters. The minimum Gasteiger partial charge on any atom is -0.496 e. The number of nitrogens with one attached hydrogen (secondary N) is 1. The number of hydrogen-bond acceptors (Lipinski definition) is 4. The van der Waals surface area contributed by atoms with Crippen LogP contribution in [-0.4, -0.2) is 13.7 Å². The van der Waals surface area contributed by atoms with Crippen LogP contribution in [0.15, 0.2) is 42.5 Å². The van der Waals surface area contributed by atoms with E-state index < -0.39 is 0 Å². The standard InChI is InChI=1S/C17H20N2O2/c1-20-16-5-3-2-4-13(16)11-15(19-18)12-6-7-17-14(10-12)8-9-21-17/h2-7,10,15,19H,8-9,11,18H2,1H3. The maximum absolute atomic E-state index is 5.77. The third kappa shape index (κ3) is 2.86. The Morgan fingerprint density at radius 1 is 1.29 bits per heavy atom. The fraction of sp³-hybridized carbons (Fsp3) is 0.294. The van der Waals surface area contributed by atoms with Gasteiger partial charge in [-0.25, -0.2) is 0 Å². The molecule has 1 atom stereocenters. The molecule has 21 heavy (non-hydrogen) atoms. The zero-order valence-electron chi connectivity index (χ0n) is 12.1. The molecule has 1 heterocycles. The lowest BCUT2D eigenvalue weighted by Gasteiger charge is -2.18. The molecule has 4 nitrogen and oxygen atoms in total. The van der Waals surface area contributed by atoms with E-state index in [0.717, 1.165) is 36.5 Å². The molecule has 2 aromatic rings. The van der Waals surface area contributed by atoms with Gasteiger partial charge >= 0.3 is 0 Å². The molecule has 0 amide bonds. The van der Waals surface area contributed by atoms with Crippen molar-refractivity contribution in [3.63, 3.8) is 0 Å². The summed E-state index contributed by atoms with van der Waals surface area (Å²) in [5.41, 5.74) is 6.48. The number of benzene rings is 2. The smallest absolute Gasteiger partial charge is 0.122 e. The molecule has 1 aliphatic rings. The zero-order valence-corrected chi connectivity index (χ0v) is 12.1. The van der Waals surface area contributed by atoms with Gasteiger partial charge in [0, 0.05) is 6.42 Å². The number of methoxy groups -OCH3 is 1. The minimum atomic E-state index is 0.0483. The molecular weight excluding hydrogens is 264 g/mol. The molecule has 0 fully saturated rings. The molecule has 0 aliphatic carbocycles. The average molecular weight is 284 g/mol. The Bertz CT molecular complexity index is 628. The Kier molecular flexibility index (Phi) is 4.08. The summed E-state index contributed by atoms with van der Waals surface area (Å²) in [5.74, 6) is 7.65. The first-order valence-corrected chi connectivity index (χ1v) is 7.15. The normalized spacial score (nSPS) is 14.4. The van der Waals surface area contributed by atoms with Gasteiger partial charge in [0.1, 0.15) is 11.5 Å². The fourth-order valence-electron chi connectivity index (χ4n) is 2.79. The Balaban J connectivity index is 1.85. The summed E-state index contributed by atoms with van der Waals surface area (Å²) in [4.78, 5) is 0. The van der Waals surface area contributed by atoms with Crippen molar-refractivity contribution in [2.45, 2.75) is 18.9 Å². The van der Waals surface area contributed by atoms with Crippen LogP contribution in [0.4, 0.5) is 0 Å². The first-order chi connectivity index (χ1) is 10.3. The first-order valence-electron chi connectivity index (χ1n) is 7.15. The van der Waals surface area contributed by atoms with Gasteiger partial charge in [0.05, 0.1) is 19.8 Å². The second-order valence-corrected chi connectivity index (χ2v) is 5.20. The third-order valence-corrected chi connectivity index (χ3v) is 3.93. The van der Waals surface area contributed by atoms with Crippen LogP contribution < -0.4 is 20.7 Å². The van der Waals surface area contributed by atoms with Gasteiger partial charge in [-0.15, -0.1) is 0 Å². The molecule has 0 aromatic heterocycles. The molecule has 0 saturated heterocycles. The van der Waals surface area contributed by atoms with Gasteiger partial charge in [0.25, 0.3) is 0 Å². The SMILES string of the molecule is COc1ccccc1CC(NN)c1ccc2c(c1)CCO2. The summed E-state index contributed by atoms with van der Waals surface area (Å²) in [6.45, 7) is 0.770. The minimum absolute atomic E-state index is 0.0483. The highest BCUT2D eigenvalue weighted by Gasteiger charge is 2.17. The van der Waals surface area contributed by atoms with E-state index >= 15 is 0 Å². The van der Waals surface area contributed by atoms with Crippen LogP contribution in [0.25, 0.3) is 0 Å². The highest BCUT2D eigenvalue weighted by atomic mass is 16.5. The molecule has 3 rings (SSSR count). The number of rotatable bonds is 5. The monoisotopic (exact) mass is 284 g/mol. The first kappa shape index (κ1) is 13.9. The molecule has 3 N–H and O–H groups in total. The van der Waals surface area contributed by atoms with E-state index in [4.69, 9.17) is 15.3 Å². The van der Waals surface area contributed by atoms with Crippen molar-refractivity contribution in [3.05, 3.63) is 59.2 Å². The summed E-state index contributed by atoms with van der Waals surface area (Å²) in [6, 6.07) is 14.4. The van der Waals surface area contributed by atoms with Gasteiger partial charge in [-0.3, -0.25) is 11.3 Å². The van der Waals surface area contributed by atoms with Crippen molar-refractivity contribution in [2.24, 2.45) is 5.84 Å². The highest BCUT2D eigenvalue weighted by Crippen LogP contribution is 2.30. The van der Waals surface area contributed by atoms with Crippen molar-refractivity contribution >= 4 is 0 Å². The molecule has 110 valence electrons. The number of ether oxygens (including phenoxy) is 2. The highest BCUT2D eigenvalue weighted by molar-refractivity contribution is 5.42. The summed E-state index contributed by atoms with van der Waals surface area (Å²) in [7, 11) is 1.69. The van der Waals surface area contributed by atoms with Crippen LogP contribution in [0.2, 0.25) is 0 Å². The summed E-state index contributed by atoms with van der Waals surface area (Å²) in [5, 5.41) is 0. The van der Waals surface area contributed by atoms with Gasteiger partial charge in [0.15, 0.2) is 0 Å². The maximum atomic E-state index is 5.77. The van der Waals surface area contributed by atoms with Gasteiger partial charge in [-0.2, -0.15) is 0 Å². The topological polar surface area (TPSA) is 56.5 Å². The van der Waals surface area contributed by atoms with Crippen LogP contribution in [-0.2, 0) is 12.8 Å². The second-order valence-electron chi connectivity index (χ2n) is 5.20. The van der Waals surface area contributed by atoms with E-state index in [1.165, 1.54) is 11.1 Å². The molecular formula is C17H20N2O2. The molecule has 1 aliphatic heterocycles. The quantitative estimate of drug-likeness (QED) is 0.654. The van der Waals surface area contributed by atoms with E-state index in [-0.39, 0.29) is 6.04 Å². The zero-order chi connectivity index (χ0) is 14.7. The second kappa shape index (κ2) is 6.16. The van der Waals surface area contributed by atoms with Crippen molar-refractivity contribution in [1.82, 2.24) is 5.43 Å². The third-order valence-electron chi connectivity index (χ3n) is 3.93. The predicted octanol–water partition coefficient (Wildman–Crippen LogP) is 2.38. The summed E-state index contributed by atoms with van der Waals surface area (Å²) in [6.07, 6.45) is 1.75. The van der Waals surface area contributed by atoms with E-state index in [1.54, 1.807) is 7.11 Å². The predicted molar refractivity (Wildman–Crippen MR) is 82.4 cm³/mol. The molecule has 0 saturated carbocycles. The van der Waals surface area contributed by atoms with Gasteiger partial charge in [-0.05, 0) is 35.2 Å². The lowest BCUT2D eigenvalue weighted by Crippen LogP contribution is -2.29. The van der Waals surface area contributed by atoms with E-state index in [2.05, 4.69) is 23.6 Å². The van der Waals surface area contributed by atoms with Gasteiger partial charge in [-0.1, -0.05) is 30.3 Å². The van der Waals surface area contributed by atoms with E-state index in [1.807, 2.05) is 24.3 Å². The van der Waals surface area contributed by atoms with Crippen molar-refractivity contribution in [2.75, 3.05) is 13.7 Å². The van der Waals surface area contributed by atoms with E-state index in [0.29, 0.717) is 0 Å². The number of fused-ring (bicyclic) bond motifs is 1. The largest absolute Gasteiger partial charge is 0.496 e. The molecule has 0 bridgehead atoms. The lowest BCUT2D eigenvalue weighted by molar-refractivity contribution is 0.356. The molecule has 2 aromatic carbocycles. The molecule has 0 radical (unpaired) electrons. The summed E-state index contributed by atoms with van der Waals surface area (Å²) < 4.78 is 11.0. The Labute approximate surface area is 124 Å². The molecule has 4 heteroatoms. The Morgan fingerprint density at radius 2 is 2.14 bits per heavy atom. The van der Waals surface area contributed by atoms with E-state index in [9.17, 15) is 0 Å². The maximum Gasteiger partial charge on any atom is 0.122 e. The number of hydrogen-bond donors (Lipinski definition) is 2. The van der Waals surface area contributed by atoms with Gasteiger partial charge in [0.2, 0.25) is 0 Å². The van der Waals surface area contributed by atoms with Crippen LogP contribution in [0, 0.1) is 0 Å². The van der Waals surface area contributed by atoms with Crippen LogP contribution in [0.5, 0.6) is 11.5 Å². The van der Waals surface area contributed by atoms with Crippen molar-refractivity contribution in [3.8, 4) is 11.5 Å². The van der Waals surface area contributed by atoms with Crippen LogP contribution >= 0.6 is 0 Å². The van der Waals surface area contributed by atoms with Gasteiger partial charge < -0.3 is 9.47 Å². The van der Waals surface area contributed by atoms with Crippen molar-refractivity contribution < 1.29 is 9.47 Å². The Hall–Kier alpha value is -2.04. The number of hydrazine groups is 1. The fourth-order valence-corrected chi connectivity index (χ4v) is 2.79. The number of para-hydroxylation sites is 1. The van der Waals surface area contributed by atoms with Crippen LogP contribution in [0.3, 0.4) is 0 Å². The summed E-state index contributed by atoms with van der Waals surface area (Å²) >= 11 is 0. The average Bonchev–Trinajstić information content (AvgIpc) is 3.00. The Morgan fingerprint density at radius 3 is 2.95 bits per heavy atom. The molecule has 0 spiro atoms. The van der Waals surface area contributed by atoms with Crippen molar-refractivity contribution in [1.29, 1.82) is 0 Å².